The number of hydrogen-bond acceptors (Lipinski definition) is 2. The Balaban J connectivity index is 1.99. The van der Waals surface area contributed by atoms with Crippen LogP contribution in [0.5, 0.6) is 0 Å². The molecule has 2 heterocycles. The van der Waals surface area contributed by atoms with Gasteiger partial charge in [0.25, 0.3) is 5.91 Å². The van der Waals surface area contributed by atoms with E-state index < -0.39 is 6.04 Å². The Hall–Kier alpha value is -1.84. The lowest BCUT2D eigenvalue weighted by atomic mass is 9.96. The van der Waals surface area contributed by atoms with Crippen LogP contribution in [-0.4, -0.2) is 23.9 Å². The highest BCUT2D eigenvalue weighted by atomic mass is 16.2. The zero-order valence-electron chi connectivity index (χ0n) is 10.8. The molecule has 4 rings (SSSR count). The number of fused-ring (bicyclic) bond motifs is 3. The lowest BCUT2D eigenvalue weighted by Crippen LogP contribution is -2.46. The minimum absolute atomic E-state index is 0.0361. The SMILES string of the molecule is C[C@H]1NC(=O)c2cccc3c2N(C1=O)[C@H]1CCC[C@@H]31. The molecule has 4 heteroatoms. The zero-order valence-corrected chi connectivity index (χ0v) is 10.8. The van der Waals surface area contributed by atoms with Gasteiger partial charge in [0.1, 0.15) is 6.04 Å². The largest absolute Gasteiger partial charge is 0.340 e. The number of para-hydroxylation sites is 1. The molecule has 98 valence electrons. The van der Waals surface area contributed by atoms with Gasteiger partial charge in [0.15, 0.2) is 0 Å². The van der Waals surface area contributed by atoms with Gasteiger partial charge in [-0.2, -0.15) is 0 Å². The van der Waals surface area contributed by atoms with Crippen molar-refractivity contribution in [1.29, 1.82) is 0 Å². The Kier molecular flexibility index (Phi) is 2.08. The van der Waals surface area contributed by atoms with E-state index in [1.54, 1.807) is 6.92 Å². The minimum atomic E-state index is -0.438. The summed E-state index contributed by atoms with van der Waals surface area (Å²) < 4.78 is 0. The Bertz CT molecular complexity index is 596. The van der Waals surface area contributed by atoms with E-state index in [2.05, 4.69) is 11.4 Å². The molecule has 2 aliphatic heterocycles. The van der Waals surface area contributed by atoms with Gasteiger partial charge < -0.3 is 10.2 Å². The predicted molar refractivity (Wildman–Crippen MR) is 71.2 cm³/mol. The van der Waals surface area contributed by atoms with Crippen LogP contribution in [0.4, 0.5) is 5.69 Å². The van der Waals surface area contributed by atoms with Crippen LogP contribution in [0.15, 0.2) is 18.2 Å². The Labute approximate surface area is 111 Å². The van der Waals surface area contributed by atoms with Crippen molar-refractivity contribution in [3.63, 3.8) is 0 Å². The average molecular weight is 256 g/mol. The van der Waals surface area contributed by atoms with Crippen LogP contribution < -0.4 is 10.2 Å². The molecule has 1 N–H and O–H groups in total. The first-order valence-corrected chi connectivity index (χ1v) is 6.95. The molecule has 0 bridgehead atoms. The van der Waals surface area contributed by atoms with Gasteiger partial charge in [0.05, 0.1) is 11.3 Å². The number of carbonyl (C=O) groups excluding carboxylic acids is 2. The molecule has 1 saturated carbocycles. The van der Waals surface area contributed by atoms with E-state index in [-0.39, 0.29) is 17.9 Å². The van der Waals surface area contributed by atoms with Crippen molar-refractivity contribution in [2.24, 2.45) is 0 Å². The van der Waals surface area contributed by atoms with Crippen molar-refractivity contribution in [1.82, 2.24) is 5.32 Å². The van der Waals surface area contributed by atoms with E-state index in [0.29, 0.717) is 11.5 Å². The number of amides is 2. The topological polar surface area (TPSA) is 49.4 Å². The minimum Gasteiger partial charge on any atom is -0.340 e. The first-order valence-electron chi connectivity index (χ1n) is 6.95. The Morgan fingerprint density at radius 3 is 2.95 bits per heavy atom. The Morgan fingerprint density at radius 1 is 1.26 bits per heavy atom. The van der Waals surface area contributed by atoms with Crippen LogP contribution in [0, 0.1) is 0 Å². The fourth-order valence-electron chi connectivity index (χ4n) is 3.91. The molecule has 1 aliphatic carbocycles. The van der Waals surface area contributed by atoms with Gasteiger partial charge in [0.2, 0.25) is 5.91 Å². The van der Waals surface area contributed by atoms with E-state index in [1.165, 1.54) is 12.0 Å². The third-order valence-electron chi connectivity index (χ3n) is 4.72. The number of nitrogens with zero attached hydrogens (tertiary/aromatic N) is 1. The van der Waals surface area contributed by atoms with Gasteiger partial charge in [-0.1, -0.05) is 18.6 Å². The zero-order chi connectivity index (χ0) is 13.1. The van der Waals surface area contributed by atoms with Crippen LogP contribution >= 0.6 is 0 Å². The first kappa shape index (κ1) is 11.0. The summed E-state index contributed by atoms with van der Waals surface area (Å²) in [5.41, 5.74) is 2.73. The van der Waals surface area contributed by atoms with Crippen LogP contribution in [-0.2, 0) is 4.79 Å². The van der Waals surface area contributed by atoms with Gasteiger partial charge in [-0.05, 0) is 31.4 Å². The van der Waals surface area contributed by atoms with Crippen molar-refractivity contribution in [2.45, 2.75) is 44.2 Å². The quantitative estimate of drug-likeness (QED) is 0.769. The summed E-state index contributed by atoms with van der Waals surface area (Å²) in [6.45, 7) is 1.77. The molecular formula is C15H16N2O2. The molecule has 1 fully saturated rings. The lowest BCUT2D eigenvalue weighted by molar-refractivity contribution is -0.120. The molecule has 4 nitrogen and oxygen atoms in total. The second-order valence-corrected chi connectivity index (χ2v) is 5.75. The van der Waals surface area contributed by atoms with E-state index in [0.717, 1.165) is 18.5 Å². The summed E-state index contributed by atoms with van der Waals surface area (Å²) >= 11 is 0. The fourth-order valence-corrected chi connectivity index (χ4v) is 3.91. The first-order chi connectivity index (χ1) is 9.18. The summed E-state index contributed by atoms with van der Waals surface area (Å²) in [6, 6.07) is 5.67. The maximum absolute atomic E-state index is 12.6. The van der Waals surface area contributed by atoms with Gasteiger partial charge in [-0.15, -0.1) is 0 Å². The fraction of sp³-hybridized carbons (Fsp3) is 0.467. The normalized spacial score (nSPS) is 31.8. The summed E-state index contributed by atoms with van der Waals surface area (Å²) in [5, 5.41) is 2.79. The number of nitrogens with one attached hydrogen (secondary N) is 1. The predicted octanol–water partition coefficient (Wildman–Crippen LogP) is 1.80. The molecule has 0 aromatic heterocycles. The number of benzene rings is 1. The van der Waals surface area contributed by atoms with Crippen molar-refractivity contribution in [3.05, 3.63) is 29.3 Å². The van der Waals surface area contributed by atoms with Gasteiger partial charge in [-0.25, -0.2) is 0 Å². The monoisotopic (exact) mass is 256 g/mol. The van der Waals surface area contributed by atoms with Crippen molar-refractivity contribution >= 4 is 17.5 Å². The van der Waals surface area contributed by atoms with E-state index in [1.807, 2.05) is 17.0 Å². The second-order valence-electron chi connectivity index (χ2n) is 5.75. The highest BCUT2D eigenvalue weighted by Crippen LogP contribution is 2.51. The van der Waals surface area contributed by atoms with Crippen molar-refractivity contribution in [2.75, 3.05) is 4.90 Å². The van der Waals surface area contributed by atoms with Crippen molar-refractivity contribution < 1.29 is 9.59 Å². The molecule has 0 saturated heterocycles. The molecule has 2 amide bonds. The van der Waals surface area contributed by atoms with E-state index in [4.69, 9.17) is 0 Å². The maximum atomic E-state index is 12.6. The third kappa shape index (κ3) is 1.29. The van der Waals surface area contributed by atoms with Crippen molar-refractivity contribution in [3.8, 4) is 0 Å². The summed E-state index contributed by atoms with van der Waals surface area (Å²) in [6.07, 6.45) is 3.34. The summed E-state index contributed by atoms with van der Waals surface area (Å²) in [5.74, 6) is 0.339. The molecule has 19 heavy (non-hydrogen) atoms. The summed E-state index contributed by atoms with van der Waals surface area (Å²) in [4.78, 5) is 26.7. The number of rotatable bonds is 0. The standard InChI is InChI=1S/C15H16N2O2/c1-8-15(19)17-12-7-3-4-9(12)10-5-2-6-11(13(10)17)14(18)16-8/h2,5-6,8-9,12H,3-4,7H2,1H3,(H,16,18)/t8-,9+,12+/m1/s1. The smallest absolute Gasteiger partial charge is 0.254 e. The lowest BCUT2D eigenvalue weighted by Gasteiger charge is -2.25. The summed E-state index contributed by atoms with van der Waals surface area (Å²) in [7, 11) is 0. The molecule has 1 aromatic rings. The highest BCUT2D eigenvalue weighted by molar-refractivity contribution is 6.13. The molecule has 3 aliphatic rings. The molecular weight excluding hydrogens is 240 g/mol. The van der Waals surface area contributed by atoms with E-state index in [9.17, 15) is 9.59 Å². The molecule has 0 spiro atoms. The molecule has 1 aromatic carbocycles. The van der Waals surface area contributed by atoms with Crippen LogP contribution in [0.1, 0.15) is 48.0 Å². The van der Waals surface area contributed by atoms with Crippen LogP contribution in [0.3, 0.4) is 0 Å². The number of carbonyl (C=O) groups is 2. The highest BCUT2D eigenvalue weighted by Gasteiger charge is 2.48. The van der Waals surface area contributed by atoms with Gasteiger partial charge in [-0.3, -0.25) is 9.59 Å². The maximum Gasteiger partial charge on any atom is 0.254 e. The van der Waals surface area contributed by atoms with E-state index >= 15 is 0 Å². The molecule has 0 unspecified atom stereocenters. The van der Waals surface area contributed by atoms with Crippen LogP contribution in [0.2, 0.25) is 0 Å². The molecule has 3 atom stereocenters. The average Bonchev–Trinajstić information content (AvgIpc) is 2.94. The third-order valence-corrected chi connectivity index (χ3v) is 4.72. The molecule has 0 radical (unpaired) electrons. The van der Waals surface area contributed by atoms with Crippen LogP contribution in [0.25, 0.3) is 0 Å². The number of hydrogen-bond donors (Lipinski definition) is 1. The van der Waals surface area contributed by atoms with Gasteiger partial charge in [0, 0.05) is 12.0 Å². The number of anilines is 1. The second kappa shape index (κ2) is 3.59. The van der Waals surface area contributed by atoms with Gasteiger partial charge >= 0.3 is 0 Å². The Morgan fingerprint density at radius 2 is 2.11 bits per heavy atom.